The highest BCUT2D eigenvalue weighted by Crippen LogP contribution is 2.21. The highest BCUT2D eigenvalue weighted by Gasteiger charge is 2.20. The Morgan fingerprint density at radius 1 is 0.833 bits per heavy atom. The molecule has 1 heterocycles. The van der Waals surface area contributed by atoms with Crippen molar-refractivity contribution in [3.8, 4) is 0 Å². The van der Waals surface area contributed by atoms with Gasteiger partial charge >= 0.3 is 6.09 Å². The van der Waals surface area contributed by atoms with Crippen molar-refractivity contribution in [1.29, 1.82) is 0 Å². The Kier molecular flexibility index (Phi) is 21.7. The molecule has 0 saturated carbocycles. The van der Waals surface area contributed by atoms with Gasteiger partial charge in [-0.3, -0.25) is 4.79 Å². The van der Waals surface area contributed by atoms with Crippen molar-refractivity contribution in [2.45, 2.75) is 37.4 Å². The van der Waals surface area contributed by atoms with Gasteiger partial charge in [0.1, 0.15) is 12.9 Å². The molecule has 1 rings (SSSR count). The maximum atomic E-state index is 12.1. The molecule has 0 bridgehead atoms. The summed E-state index contributed by atoms with van der Waals surface area (Å²) < 4.78 is 32.3. The number of likely N-dealkylation sites (tertiary alicyclic amines) is 1. The minimum atomic E-state index is -0.251. The Morgan fingerprint density at radius 3 is 1.94 bits per heavy atom. The van der Waals surface area contributed by atoms with Gasteiger partial charge in [-0.25, -0.2) is 4.79 Å². The van der Waals surface area contributed by atoms with E-state index in [0.29, 0.717) is 77.9 Å². The standard InChI is InChI=1S/C24H44N2O9S/c1-36-22-4-2-8-26(9-6-22)24(29)35-21-20-34-19-18-33-17-16-32-15-14-31-13-12-30-11-7-25-23(28)5-3-10-27/h10,22H,2-9,11-21H2,1H3,(H,25,28). The van der Waals surface area contributed by atoms with E-state index < -0.39 is 0 Å². The normalized spacial score (nSPS) is 15.9. The number of carbonyl (C=O) groups excluding carboxylic acids is 3. The van der Waals surface area contributed by atoms with Crippen LogP contribution in [0.2, 0.25) is 0 Å². The Bertz CT molecular complexity index is 572. The third-order valence-electron chi connectivity index (χ3n) is 5.27. The Labute approximate surface area is 219 Å². The molecule has 12 heteroatoms. The van der Waals surface area contributed by atoms with Gasteiger partial charge in [0.15, 0.2) is 0 Å². The zero-order valence-corrected chi connectivity index (χ0v) is 22.4. The lowest BCUT2D eigenvalue weighted by Gasteiger charge is -2.20. The van der Waals surface area contributed by atoms with Gasteiger partial charge in [-0.05, 0) is 25.5 Å². The van der Waals surface area contributed by atoms with E-state index in [9.17, 15) is 14.4 Å². The average Bonchev–Trinajstić information content (AvgIpc) is 3.14. The van der Waals surface area contributed by atoms with E-state index in [0.717, 1.165) is 38.6 Å². The van der Waals surface area contributed by atoms with Crippen LogP contribution in [0.15, 0.2) is 0 Å². The van der Waals surface area contributed by atoms with Gasteiger partial charge in [0.2, 0.25) is 5.91 Å². The minimum Gasteiger partial charge on any atom is -0.447 e. The summed E-state index contributed by atoms with van der Waals surface area (Å²) in [5.74, 6) is -0.152. The van der Waals surface area contributed by atoms with Crippen molar-refractivity contribution in [1.82, 2.24) is 10.2 Å². The summed E-state index contributed by atoms with van der Waals surface area (Å²) in [6.45, 7) is 6.55. The first-order valence-corrected chi connectivity index (χ1v) is 14.0. The molecule has 11 nitrogen and oxygen atoms in total. The summed E-state index contributed by atoms with van der Waals surface area (Å²) in [7, 11) is 0. The van der Waals surface area contributed by atoms with E-state index in [1.807, 2.05) is 11.8 Å². The van der Waals surface area contributed by atoms with Crippen LogP contribution in [0, 0.1) is 0 Å². The highest BCUT2D eigenvalue weighted by atomic mass is 32.2. The number of carbonyl (C=O) groups is 3. The molecule has 1 aliphatic heterocycles. The van der Waals surface area contributed by atoms with Crippen molar-refractivity contribution in [2.24, 2.45) is 0 Å². The number of nitrogens with zero attached hydrogens (tertiary/aromatic N) is 1. The van der Waals surface area contributed by atoms with E-state index in [-0.39, 0.29) is 31.4 Å². The van der Waals surface area contributed by atoms with Crippen LogP contribution < -0.4 is 5.32 Å². The van der Waals surface area contributed by atoms with Gasteiger partial charge in [0, 0.05) is 37.7 Å². The lowest BCUT2D eigenvalue weighted by atomic mass is 10.2. The lowest BCUT2D eigenvalue weighted by molar-refractivity contribution is -0.122. The smallest absolute Gasteiger partial charge is 0.409 e. The van der Waals surface area contributed by atoms with E-state index >= 15 is 0 Å². The van der Waals surface area contributed by atoms with E-state index in [1.54, 1.807) is 4.90 Å². The van der Waals surface area contributed by atoms with Crippen LogP contribution in [0.4, 0.5) is 4.79 Å². The molecule has 0 radical (unpaired) electrons. The molecule has 0 aromatic heterocycles. The Morgan fingerprint density at radius 2 is 1.39 bits per heavy atom. The molecule has 210 valence electrons. The topological polar surface area (TPSA) is 122 Å². The van der Waals surface area contributed by atoms with Crippen LogP contribution in [0.5, 0.6) is 0 Å². The van der Waals surface area contributed by atoms with Crippen LogP contribution in [-0.4, -0.2) is 127 Å². The first-order valence-electron chi connectivity index (χ1n) is 12.7. The third-order valence-corrected chi connectivity index (χ3v) is 6.40. The molecule has 1 aliphatic rings. The lowest BCUT2D eigenvalue weighted by Crippen LogP contribution is -2.33. The molecule has 1 saturated heterocycles. The Balaban J connectivity index is 1.76. The molecule has 1 atom stereocenters. The van der Waals surface area contributed by atoms with Gasteiger partial charge in [-0.2, -0.15) is 11.8 Å². The maximum Gasteiger partial charge on any atom is 0.409 e. The van der Waals surface area contributed by atoms with Gasteiger partial charge in [0.25, 0.3) is 0 Å². The SMILES string of the molecule is CSC1CCCN(C(=O)OCCOCCOCCOCCOCCOCCNC(=O)CCC=O)CC1. The zero-order valence-electron chi connectivity index (χ0n) is 21.6. The number of thioether (sulfide) groups is 1. The Hall–Kier alpha value is -1.44. The summed E-state index contributed by atoms with van der Waals surface area (Å²) >= 11 is 1.87. The van der Waals surface area contributed by atoms with Crippen molar-refractivity contribution < 1.29 is 42.8 Å². The second-order valence-corrected chi connectivity index (χ2v) is 9.15. The highest BCUT2D eigenvalue weighted by molar-refractivity contribution is 7.99. The number of hydrogen-bond acceptors (Lipinski definition) is 10. The van der Waals surface area contributed by atoms with Crippen LogP contribution in [0.25, 0.3) is 0 Å². The second kappa shape index (κ2) is 23.9. The first kappa shape index (κ1) is 32.6. The number of rotatable bonds is 22. The fourth-order valence-corrected chi connectivity index (χ4v) is 4.03. The fourth-order valence-electron chi connectivity index (χ4n) is 3.29. The predicted octanol–water partition coefficient (Wildman–Crippen LogP) is 1.52. The van der Waals surface area contributed by atoms with Crippen molar-refractivity contribution in [3.05, 3.63) is 0 Å². The summed E-state index contributed by atoms with van der Waals surface area (Å²) in [4.78, 5) is 35.4. The van der Waals surface area contributed by atoms with E-state index in [1.165, 1.54) is 0 Å². The molecular formula is C24H44N2O9S. The van der Waals surface area contributed by atoms with Crippen molar-refractivity contribution in [3.63, 3.8) is 0 Å². The van der Waals surface area contributed by atoms with Gasteiger partial charge in [0.05, 0.1) is 66.1 Å². The monoisotopic (exact) mass is 536 g/mol. The summed E-state index contributed by atoms with van der Waals surface area (Å²) in [5, 5.41) is 3.30. The molecule has 36 heavy (non-hydrogen) atoms. The van der Waals surface area contributed by atoms with Gasteiger partial charge in [-0.15, -0.1) is 0 Å². The molecule has 0 spiro atoms. The maximum absolute atomic E-state index is 12.1. The fraction of sp³-hybridized carbons (Fsp3) is 0.875. The van der Waals surface area contributed by atoms with Crippen LogP contribution in [0.1, 0.15) is 32.1 Å². The molecule has 0 aromatic carbocycles. The minimum absolute atomic E-state index is 0.152. The van der Waals surface area contributed by atoms with E-state index in [2.05, 4.69) is 11.6 Å². The average molecular weight is 537 g/mol. The largest absolute Gasteiger partial charge is 0.447 e. The quantitative estimate of drug-likeness (QED) is 0.161. The number of hydrogen-bond donors (Lipinski definition) is 1. The molecule has 1 fully saturated rings. The van der Waals surface area contributed by atoms with Crippen molar-refractivity contribution >= 4 is 30.0 Å². The molecule has 1 unspecified atom stereocenters. The van der Waals surface area contributed by atoms with Gasteiger partial charge < -0.3 is 43.4 Å². The first-order chi connectivity index (χ1) is 17.7. The number of nitrogens with one attached hydrogen (secondary N) is 1. The number of amides is 2. The third kappa shape index (κ3) is 18.8. The van der Waals surface area contributed by atoms with Crippen LogP contribution in [-0.2, 0) is 38.0 Å². The molecule has 2 amide bonds. The summed E-state index contributed by atoms with van der Waals surface area (Å²) in [6, 6.07) is 0. The van der Waals surface area contributed by atoms with Crippen LogP contribution in [0.3, 0.4) is 0 Å². The van der Waals surface area contributed by atoms with E-state index in [4.69, 9.17) is 28.4 Å². The second-order valence-electron chi connectivity index (χ2n) is 8.01. The molecule has 1 N–H and O–H groups in total. The predicted molar refractivity (Wildman–Crippen MR) is 136 cm³/mol. The van der Waals surface area contributed by atoms with Crippen molar-refractivity contribution in [2.75, 3.05) is 98.6 Å². The summed E-state index contributed by atoms with van der Waals surface area (Å²) in [6.07, 6.45) is 6.24. The van der Waals surface area contributed by atoms with Crippen LogP contribution >= 0.6 is 11.8 Å². The van der Waals surface area contributed by atoms with Gasteiger partial charge in [-0.1, -0.05) is 0 Å². The number of aldehydes is 1. The number of ether oxygens (including phenoxy) is 6. The molecular weight excluding hydrogens is 492 g/mol. The molecule has 0 aliphatic carbocycles. The molecule has 0 aromatic rings. The summed E-state index contributed by atoms with van der Waals surface area (Å²) in [5.41, 5.74) is 0. The zero-order chi connectivity index (χ0) is 26.1.